The Balaban J connectivity index is 1.92. The van der Waals surface area contributed by atoms with E-state index in [9.17, 15) is 4.79 Å². The van der Waals surface area contributed by atoms with Crippen molar-refractivity contribution in [2.24, 2.45) is 0 Å². The van der Waals surface area contributed by atoms with Crippen LogP contribution in [0.25, 0.3) is 11.3 Å². The number of nitrogens with zero attached hydrogens (tertiary/aromatic N) is 3. The van der Waals surface area contributed by atoms with E-state index in [-0.39, 0.29) is 5.91 Å². The van der Waals surface area contributed by atoms with Crippen molar-refractivity contribution in [2.75, 3.05) is 45.3 Å². The largest absolute Gasteiger partial charge is 0.378 e. The maximum absolute atomic E-state index is 12.6. The first-order valence-electron chi connectivity index (χ1n) is 7.76. The number of hydrogen-bond donors (Lipinski definition) is 0. The van der Waals surface area contributed by atoms with E-state index in [1.165, 1.54) is 0 Å². The van der Waals surface area contributed by atoms with Crippen LogP contribution in [0.3, 0.4) is 0 Å². The van der Waals surface area contributed by atoms with Crippen LogP contribution in [0.1, 0.15) is 10.4 Å². The lowest BCUT2D eigenvalue weighted by Crippen LogP contribution is -2.40. The van der Waals surface area contributed by atoms with Crippen molar-refractivity contribution in [3.05, 3.63) is 48.2 Å². The molecule has 1 fully saturated rings. The van der Waals surface area contributed by atoms with Gasteiger partial charge in [-0.15, -0.1) is 0 Å². The highest BCUT2D eigenvalue weighted by Gasteiger charge is 2.19. The summed E-state index contributed by atoms with van der Waals surface area (Å²) >= 11 is 0. The van der Waals surface area contributed by atoms with Crippen LogP contribution in [0.5, 0.6) is 0 Å². The summed E-state index contributed by atoms with van der Waals surface area (Å²) < 4.78 is 5.31. The molecule has 3 rings (SSSR count). The van der Waals surface area contributed by atoms with E-state index < -0.39 is 0 Å². The van der Waals surface area contributed by atoms with Gasteiger partial charge in [-0.3, -0.25) is 9.78 Å². The molecule has 5 heteroatoms. The number of carbonyl (C=O) groups is 1. The molecule has 0 radical (unpaired) electrons. The summed E-state index contributed by atoms with van der Waals surface area (Å²) in [5.74, 6) is 0.0410. The van der Waals surface area contributed by atoms with Crippen molar-refractivity contribution in [1.29, 1.82) is 0 Å². The molecule has 0 saturated carbocycles. The molecule has 1 saturated heterocycles. The van der Waals surface area contributed by atoms with Gasteiger partial charge in [0, 0.05) is 50.2 Å². The maximum Gasteiger partial charge on any atom is 0.254 e. The molecule has 0 N–H and O–H groups in total. The first-order chi connectivity index (χ1) is 11.2. The summed E-state index contributed by atoms with van der Waals surface area (Å²) in [6.07, 6.45) is 1.70. The summed E-state index contributed by atoms with van der Waals surface area (Å²) in [5, 5.41) is 0. The molecule has 1 aliphatic rings. The maximum atomic E-state index is 12.6. The quantitative estimate of drug-likeness (QED) is 0.872. The van der Waals surface area contributed by atoms with E-state index in [4.69, 9.17) is 4.74 Å². The predicted molar refractivity (Wildman–Crippen MR) is 90.7 cm³/mol. The fourth-order valence-electron chi connectivity index (χ4n) is 2.74. The minimum Gasteiger partial charge on any atom is -0.378 e. The number of ether oxygens (including phenoxy) is 1. The third-order valence-corrected chi connectivity index (χ3v) is 3.97. The molecule has 0 unspecified atom stereocenters. The molecule has 1 aromatic carbocycles. The van der Waals surface area contributed by atoms with Gasteiger partial charge in [-0.25, -0.2) is 0 Å². The second kappa shape index (κ2) is 6.79. The number of pyridine rings is 1. The molecule has 120 valence electrons. The van der Waals surface area contributed by atoms with Crippen LogP contribution in [0.4, 0.5) is 5.69 Å². The highest BCUT2D eigenvalue weighted by molar-refractivity contribution is 5.95. The standard InChI is InChI=1S/C18H21N3O2/c1-20(2)17-6-4-3-5-15(17)16-13-14(7-8-19-16)18(22)21-9-11-23-12-10-21/h3-8,13H,9-12H2,1-2H3. The van der Waals surface area contributed by atoms with Crippen LogP contribution in [-0.4, -0.2) is 56.2 Å². The van der Waals surface area contributed by atoms with E-state index in [0.29, 0.717) is 31.9 Å². The predicted octanol–water partition coefficient (Wildman–Crippen LogP) is 2.29. The first kappa shape index (κ1) is 15.5. The van der Waals surface area contributed by atoms with Crippen molar-refractivity contribution in [1.82, 2.24) is 9.88 Å². The molecule has 0 bridgehead atoms. The average molecular weight is 311 g/mol. The SMILES string of the molecule is CN(C)c1ccccc1-c1cc(C(=O)N2CCOCC2)ccn1. The number of amides is 1. The van der Waals surface area contributed by atoms with Crippen LogP contribution in [0.2, 0.25) is 0 Å². The number of carbonyl (C=O) groups excluding carboxylic acids is 1. The van der Waals surface area contributed by atoms with Crippen molar-refractivity contribution >= 4 is 11.6 Å². The van der Waals surface area contributed by atoms with Crippen LogP contribution >= 0.6 is 0 Å². The van der Waals surface area contributed by atoms with Crippen LogP contribution in [0, 0.1) is 0 Å². The molecule has 2 heterocycles. The number of rotatable bonds is 3. The van der Waals surface area contributed by atoms with E-state index in [1.807, 2.05) is 54.2 Å². The van der Waals surface area contributed by atoms with Gasteiger partial charge >= 0.3 is 0 Å². The fraction of sp³-hybridized carbons (Fsp3) is 0.333. The molecule has 0 atom stereocenters. The Hall–Kier alpha value is -2.40. The lowest BCUT2D eigenvalue weighted by atomic mass is 10.1. The molecule has 5 nitrogen and oxygen atoms in total. The molecular formula is C18H21N3O2. The first-order valence-corrected chi connectivity index (χ1v) is 7.76. The van der Waals surface area contributed by atoms with Gasteiger partial charge in [-0.1, -0.05) is 18.2 Å². The Kier molecular flexibility index (Phi) is 4.57. The monoisotopic (exact) mass is 311 g/mol. The van der Waals surface area contributed by atoms with Crippen molar-refractivity contribution in [2.45, 2.75) is 0 Å². The summed E-state index contributed by atoms with van der Waals surface area (Å²) in [5.41, 5.74) is 3.59. The number of para-hydroxylation sites is 1. The normalized spacial score (nSPS) is 14.6. The van der Waals surface area contributed by atoms with Crippen LogP contribution in [0.15, 0.2) is 42.6 Å². The Morgan fingerprint density at radius 1 is 1.17 bits per heavy atom. The third kappa shape index (κ3) is 3.35. The molecule has 23 heavy (non-hydrogen) atoms. The third-order valence-electron chi connectivity index (χ3n) is 3.97. The fourth-order valence-corrected chi connectivity index (χ4v) is 2.74. The van der Waals surface area contributed by atoms with Gasteiger partial charge in [-0.2, -0.15) is 0 Å². The van der Waals surface area contributed by atoms with Crippen LogP contribution < -0.4 is 4.90 Å². The van der Waals surface area contributed by atoms with Gasteiger partial charge in [0.25, 0.3) is 5.91 Å². The van der Waals surface area contributed by atoms with E-state index in [1.54, 1.807) is 12.3 Å². The smallest absolute Gasteiger partial charge is 0.254 e. The summed E-state index contributed by atoms with van der Waals surface area (Å²) in [6, 6.07) is 11.7. The van der Waals surface area contributed by atoms with E-state index >= 15 is 0 Å². The minimum atomic E-state index is 0.0410. The highest BCUT2D eigenvalue weighted by atomic mass is 16.5. The summed E-state index contributed by atoms with van der Waals surface area (Å²) in [4.78, 5) is 21.0. The van der Waals surface area contributed by atoms with Gasteiger partial charge in [0.2, 0.25) is 0 Å². The molecule has 0 spiro atoms. The molecule has 1 aromatic heterocycles. The molecule has 2 aromatic rings. The zero-order valence-corrected chi connectivity index (χ0v) is 13.5. The molecule has 0 aliphatic carbocycles. The van der Waals surface area contributed by atoms with Gasteiger partial charge in [0.05, 0.1) is 18.9 Å². The zero-order chi connectivity index (χ0) is 16.2. The summed E-state index contributed by atoms with van der Waals surface area (Å²) in [6.45, 7) is 2.50. The zero-order valence-electron chi connectivity index (χ0n) is 13.5. The van der Waals surface area contributed by atoms with Gasteiger partial charge in [0.1, 0.15) is 0 Å². The number of hydrogen-bond acceptors (Lipinski definition) is 4. The highest BCUT2D eigenvalue weighted by Crippen LogP contribution is 2.28. The molecule has 1 amide bonds. The lowest BCUT2D eigenvalue weighted by molar-refractivity contribution is 0.0303. The van der Waals surface area contributed by atoms with Crippen molar-refractivity contribution < 1.29 is 9.53 Å². The second-order valence-electron chi connectivity index (χ2n) is 5.75. The Labute approximate surface area is 136 Å². The van der Waals surface area contributed by atoms with Gasteiger partial charge in [-0.05, 0) is 18.2 Å². The van der Waals surface area contributed by atoms with E-state index in [2.05, 4.69) is 4.98 Å². The Morgan fingerprint density at radius 3 is 2.65 bits per heavy atom. The van der Waals surface area contributed by atoms with Gasteiger partial charge < -0.3 is 14.5 Å². The lowest BCUT2D eigenvalue weighted by Gasteiger charge is -2.27. The number of aromatic nitrogens is 1. The summed E-state index contributed by atoms with van der Waals surface area (Å²) in [7, 11) is 4.00. The molecule has 1 aliphatic heterocycles. The average Bonchev–Trinajstić information content (AvgIpc) is 2.62. The number of morpholine rings is 1. The topological polar surface area (TPSA) is 45.7 Å². The Bertz CT molecular complexity index is 694. The second-order valence-corrected chi connectivity index (χ2v) is 5.75. The van der Waals surface area contributed by atoms with E-state index in [0.717, 1.165) is 16.9 Å². The molecular weight excluding hydrogens is 290 g/mol. The Morgan fingerprint density at radius 2 is 1.91 bits per heavy atom. The van der Waals surface area contributed by atoms with Crippen LogP contribution in [-0.2, 0) is 4.74 Å². The van der Waals surface area contributed by atoms with Gasteiger partial charge in [0.15, 0.2) is 0 Å². The minimum absolute atomic E-state index is 0.0410. The number of benzene rings is 1. The van der Waals surface area contributed by atoms with Crippen molar-refractivity contribution in [3.8, 4) is 11.3 Å². The number of anilines is 1. The van der Waals surface area contributed by atoms with Crippen molar-refractivity contribution in [3.63, 3.8) is 0 Å².